The lowest BCUT2D eigenvalue weighted by atomic mass is 9.93. The summed E-state index contributed by atoms with van der Waals surface area (Å²) in [6.45, 7) is 0.559. The van der Waals surface area contributed by atoms with E-state index >= 15 is 0 Å². The van der Waals surface area contributed by atoms with Crippen LogP contribution < -0.4 is 5.73 Å². The first kappa shape index (κ1) is 9.66. The molecule has 0 heterocycles. The van der Waals surface area contributed by atoms with E-state index in [4.69, 9.17) is 5.73 Å². The van der Waals surface area contributed by atoms with Gasteiger partial charge in [0.1, 0.15) is 6.17 Å². The Balaban J connectivity index is 2.22. The maximum absolute atomic E-state index is 13.1. The van der Waals surface area contributed by atoms with Crippen molar-refractivity contribution in [2.45, 2.75) is 37.9 Å². The molecule has 2 rings (SSSR count). The molecule has 0 saturated heterocycles. The third-order valence-corrected chi connectivity index (χ3v) is 3.08. The van der Waals surface area contributed by atoms with E-state index in [1.807, 2.05) is 18.2 Å². The summed E-state index contributed by atoms with van der Waals surface area (Å²) in [6, 6.07) is 8.14. The number of benzene rings is 1. The molecule has 2 atom stereocenters. The maximum Gasteiger partial charge on any atom is 0.101 e. The standard InChI is InChI=1S/C12H16FN/c13-11-6-5-9(7-11)12-4-2-1-3-10(12)8-14/h1-4,9,11H,5-8,14H2. The molecule has 2 unspecified atom stereocenters. The quantitative estimate of drug-likeness (QED) is 0.768. The monoisotopic (exact) mass is 193 g/mol. The lowest BCUT2D eigenvalue weighted by molar-refractivity contribution is 0.339. The molecule has 14 heavy (non-hydrogen) atoms. The molecule has 1 fully saturated rings. The number of hydrogen-bond donors (Lipinski definition) is 1. The minimum atomic E-state index is -0.606. The van der Waals surface area contributed by atoms with E-state index in [-0.39, 0.29) is 0 Å². The topological polar surface area (TPSA) is 26.0 Å². The predicted molar refractivity (Wildman–Crippen MR) is 55.8 cm³/mol. The molecular formula is C12H16FN. The first-order valence-corrected chi connectivity index (χ1v) is 5.23. The summed E-state index contributed by atoms with van der Waals surface area (Å²) in [7, 11) is 0. The van der Waals surface area contributed by atoms with Gasteiger partial charge in [-0.15, -0.1) is 0 Å². The molecule has 2 N–H and O–H groups in total. The van der Waals surface area contributed by atoms with Crippen LogP contribution in [0.1, 0.15) is 36.3 Å². The van der Waals surface area contributed by atoms with Gasteiger partial charge in [-0.05, 0) is 36.3 Å². The van der Waals surface area contributed by atoms with Gasteiger partial charge in [0.05, 0.1) is 0 Å². The SMILES string of the molecule is NCc1ccccc1C1CCC(F)C1. The largest absolute Gasteiger partial charge is 0.326 e. The summed E-state index contributed by atoms with van der Waals surface area (Å²) < 4.78 is 13.1. The summed E-state index contributed by atoms with van der Waals surface area (Å²) >= 11 is 0. The first-order chi connectivity index (χ1) is 6.81. The smallest absolute Gasteiger partial charge is 0.101 e. The number of rotatable bonds is 2. The van der Waals surface area contributed by atoms with Gasteiger partial charge in [0, 0.05) is 6.54 Å². The van der Waals surface area contributed by atoms with Crippen LogP contribution in [0.25, 0.3) is 0 Å². The molecule has 0 radical (unpaired) electrons. The zero-order valence-corrected chi connectivity index (χ0v) is 8.25. The highest BCUT2D eigenvalue weighted by Crippen LogP contribution is 2.37. The number of hydrogen-bond acceptors (Lipinski definition) is 1. The average molecular weight is 193 g/mol. The van der Waals surface area contributed by atoms with Gasteiger partial charge in [0.25, 0.3) is 0 Å². The first-order valence-electron chi connectivity index (χ1n) is 5.23. The second kappa shape index (κ2) is 4.09. The number of halogens is 1. The van der Waals surface area contributed by atoms with Gasteiger partial charge < -0.3 is 5.73 Å². The number of nitrogens with two attached hydrogens (primary N) is 1. The van der Waals surface area contributed by atoms with E-state index in [1.54, 1.807) is 0 Å². The predicted octanol–water partition coefficient (Wildman–Crippen LogP) is 2.75. The highest BCUT2D eigenvalue weighted by molar-refractivity contribution is 5.31. The third-order valence-electron chi connectivity index (χ3n) is 3.08. The van der Waals surface area contributed by atoms with Gasteiger partial charge in [0.2, 0.25) is 0 Å². The summed E-state index contributed by atoms with van der Waals surface area (Å²) in [5.74, 6) is 0.393. The summed E-state index contributed by atoms with van der Waals surface area (Å²) in [4.78, 5) is 0. The highest BCUT2D eigenvalue weighted by atomic mass is 19.1. The Bertz CT molecular complexity index is 311. The van der Waals surface area contributed by atoms with Gasteiger partial charge in [-0.1, -0.05) is 24.3 Å². The Morgan fingerprint density at radius 1 is 1.29 bits per heavy atom. The zero-order chi connectivity index (χ0) is 9.97. The molecule has 1 aromatic carbocycles. The molecule has 0 spiro atoms. The lowest BCUT2D eigenvalue weighted by Gasteiger charge is -2.13. The molecular weight excluding hydrogens is 177 g/mol. The van der Waals surface area contributed by atoms with E-state index < -0.39 is 6.17 Å². The minimum Gasteiger partial charge on any atom is -0.326 e. The van der Waals surface area contributed by atoms with Gasteiger partial charge in [-0.3, -0.25) is 0 Å². The van der Waals surface area contributed by atoms with Crippen LogP contribution in [0.2, 0.25) is 0 Å². The Morgan fingerprint density at radius 3 is 2.71 bits per heavy atom. The highest BCUT2D eigenvalue weighted by Gasteiger charge is 2.26. The molecule has 0 amide bonds. The second-order valence-corrected chi connectivity index (χ2v) is 4.01. The summed E-state index contributed by atoms with van der Waals surface area (Å²) in [6.07, 6.45) is 1.75. The van der Waals surface area contributed by atoms with Gasteiger partial charge in [-0.2, -0.15) is 0 Å². The second-order valence-electron chi connectivity index (χ2n) is 4.01. The average Bonchev–Trinajstić information content (AvgIpc) is 2.65. The molecule has 2 heteroatoms. The Morgan fingerprint density at radius 2 is 2.07 bits per heavy atom. The van der Waals surface area contributed by atoms with Crippen LogP contribution >= 0.6 is 0 Å². The zero-order valence-electron chi connectivity index (χ0n) is 8.25. The third kappa shape index (κ3) is 1.80. The van der Waals surface area contributed by atoms with Crippen molar-refractivity contribution in [3.8, 4) is 0 Å². The molecule has 0 aliphatic heterocycles. The van der Waals surface area contributed by atoms with Crippen LogP contribution in [0.4, 0.5) is 4.39 Å². The molecule has 1 aliphatic rings. The van der Waals surface area contributed by atoms with Crippen molar-refractivity contribution >= 4 is 0 Å². The van der Waals surface area contributed by atoms with E-state index in [9.17, 15) is 4.39 Å². The summed E-state index contributed by atoms with van der Waals surface area (Å²) in [5.41, 5.74) is 8.09. The molecule has 0 bridgehead atoms. The van der Waals surface area contributed by atoms with Gasteiger partial charge >= 0.3 is 0 Å². The molecule has 76 valence electrons. The molecule has 1 nitrogen and oxygen atoms in total. The van der Waals surface area contributed by atoms with Crippen LogP contribution in [0.15, 0.2) is 24.3 Å². The summed E-state index contributed by atoms with van der Waals surface area (Å²) in [5, 5.41) is 0. The van der Waals surface area contributed by atoms with Crippen LogP contribution in [-0.2, 0) is 6.54 Å². The van der Waals surface area contributed by atoms with E-state index in [0.29, 0.717) is 25.3 Å². The molecule has 1 aliphatic carbocycles. The molecule has 1 saturated carbocycles. The van der Waals surface area contributed by atoms with Gasteiger partial charge in [0.15, 0.2) is 0 Å². The Labute approximate surface area is 84.1 Å². The molecule has 0 aromatic heterocycles. The van der Waals surface area contributed by atoms with E-state index in [2.05, 4.69) is 6.07 Å². The van der Waals surface area contributed by atoms with Crippen LogP contribution in [-0.4, -0.2) is 6.17 Å². The Kier molecular flexibility index (Phi) is 2.82. The van der Waals surface area contributed by atoms with Crippen LogP contribution in [0, 0.1) is 0 Å². The fourth-order valence-corrected chi connectivity index (χ4v) is 2.33. The van der Waals surface area contributed by atoms with Crippen molar-refractivity contribution in [3.63, 3.8) is 0 Å². The maximum atomic E-state index is 13.1. The lowest BCUT2D eigenvalue weighted by Crippen LogP contribution is -2.04. The van der Waals surface area contributed by atoms with Crippen molar-refractivity contribution in [1.29, 1.82) is 0 Å². The van der Waals surface area contributed by atoms with Crippen molar-refractivity contribution in [3.05, 3.63) is 35.4 Å². The minimum absolute atomic E-state index is 0.393. The fourth-order valence-electron chi connectivity index (χ4n) is 2.33. The van der Waals surface area contributed by atoms with Crippen LogP contribution in [0.3, 0.4) is 0 Å². The van der Waals surface area contributed by atoms with Gasteiger partial charge in [-0.25, -0.2) is 4.39 Å². The Hall–Kier alpha value is -0.890. The fraction of sp³-hybridized carbons (Fsp3) is 0.500. The molecule has 1 aromatic rings. The van der Waals surface area contributed by atoms with E-state index in [0.717, 1.165) is 6.42 Å². The van der Waals surface area contributed by atoms with Crippen LogP contribution in [0.5, 0.6) is 0 Å². The van der Waals surface area contributed by atoms with Crippen molar-refractivity contribution in [2.24, 2.45) is 5.73 Å². The number of alkyl halides is 1. The van der Waals surface area contributed by atoms with E-state index in [1.165, 1.54) is 11.1 Å². The normalized spacial score (nSPS) is 26.7. The van der Waals surface area contributed by atoms with Crippen molar-refractivity contribution in [2.75, 3.05) is 0 Å². The van der Waals surface area contributed by atoms with Crippen molar-refractivity contribution < 1.29 is 4.39 Å². The van der Waals surface area contributed by atoms with Crippen molar-refractivity contribution in [1.82, 2.24) is 0 Å².